The molecule has 0 radical (unpaired) electrons. The van der Waals surface area contributed by atoms with Gasteiger partial charge in [0.05, 0.1) is 23.6 Å². The predicted octanol–water partition coefficient (Wildman–Crippen LogP) is 4.73. The van der Waals surface area contributed by atoms with E-state index in [-0.39, 0.29) is 11.6 Å². The van der Waals surface area contributed by atoms with Gasteiger partial charge in [-0.3, -0.25) is 4.79 Å². The van der Waals surface area contributed by atoms with E-state index in [2.05, 4.69) is 20.1 Å². The molecule has 4 aromatic rings. The van der Waals surface area contributed by atoms with Crippen molar-refractivity contribution < 1.29 is 13.9 Å². The van der Waals surface area contributed by atoms with Crippen LogP contribution in [0.3, 0.4) is 0 Å². The van der Waals surface area contributed by atoms with Gasteiger partial charge in [0, 0.05) is 31.7 Å². The van der Waals surface area contributed by atoms with Crippen molar-refractivity contribution >= 4 is 44.2 Å². The minimum Gasteiger partial charge on any atom is -0.444 e. The summed E-state index contributed by atoms with van der Waals surface area (Å²) in [4.78, 5) is 31.9. The summed E-state index contributed by atoms with van der Waals surface area (Å²) in [5.41, 5.74) is 3.55. The fourth-order valence-electron chi connectivity index (χ4n) is 4.65. The van der Waals surface area contributed by atoms with Gasteiger partial charge in [-0.05, 0) is 44.4 Å². The molecule has 0 bridgehead atoms. The van der Waals surface area contributed by atoms with E-state index < -0.39 is 0 Å². The van der Waals surface area contributed by atoms with Gasteiger partial charge in [-0.1, -0.05) is 29.0 Å². The molecule has 0 spiro atoms. The van der Waals surface area contributed by atoms with Gasteiger partial charge in [0.2, 0.25) is 5.89 Å². The van der Waals surface area contributed by atoms with E-state index in [0.717, 1.165) is 65.8 Å². The number of amides is 1. The van der Waals surface area contributed by atoms with Crippen LogP contribution in [0.4, 0.5) is 16.6 Å². The summed E-state index contributed by atoms with van der Waals surface area (Å²) in [7, 11) is 0. The second-order valence-electron chi connectivity index (χ2n) is 9.19. The summed E-state index contributed by atoms with van der Waals surface area (Å²) in [6, 6.07) is 9.85. The third-order valence-corrected chi connectivity index (χ3v) is 7.59. The molecule has 2 aliphatic heterocycles. The highest BCUT2D eigenvalue weighted by atomic mass is 32.1. The fraction of sp³-hybridized carbons (Fsp3) is 0.385. The number of ether oxygens (including phenoxy) is 1. The zero-order chi connectivity index (χ0) is 24.5. The minimum absolute atomic E-state index is 0.231. The number of carbonyl (C=O) groups is 1. The second-order valence-corrected chi connectivity index (χ2v) is 10.2. The summed E-state index contributed by atoms with van der Waals surface area (Å²) in [5, 5.41) is 4.00. The van der Waals surface area contributed by atoms with Crippen molar-refractivity contribution in [3.63, 3.8) is 0 Å². The molecule has 5 heterocycles. The summed E-state index contributed by atoms with van der Waals surface area (Å²) >= 11 is 1.59. The Morgan fingerprint density at radius 3 is 2.64 bits per heavy atom. The van der Waals surface area contributed by atoms with E-state index in [9.17, 15) is 4.79 Å². The quantitative estimate of drug-likeness (QED) is 0.417. The molecule has 9 nitrogen and oxygen atoms in total. The number of rotatable bonds is 5. The number of piperidine rings is 1. The van der Waals surface area contributed by atoms with Crippen molar-refractivity contribution in [2.75, 3.05) is 54.5 Å². The molecule has 2 fully saturated rings. The number of oxazole rings is 1. The second kappa shape index (κ2) is 9.87. The summed E-state index contributed by atoms with van der Waals surface area (Å²) in [5.74, 6) is 0.859. The minimum atomic E-state index is -0.324. The zero-order valence-corrected chi connectivity index (χ0v) is 21.0. The van der Waals surface area contributed by atoms with Crippen molar-refractivity contribution in [2.24, 2.45) is 0 Å². The topological polar surface area (TPSA) is 96.6 Å². The first-order valence-corrected chi connectivity index (χ1v) is 13.2. The normalized spacial score (nSPS) is 16.5. The number of anilines is 3. The number of hydrogen-bond donors (Lipinski definition) is 1. The zero-order valence-electron chi connectivity index (χ0n) is 20.2. The Morgan fingerprint density at radius 1 is 1.00 bits per heavy atom. The van der Waals surface area contributed by atoms with Gasteiger partial charge in [0.1, 0.15) is 6.26 Å². The number of aryl methyl sites for hydroxylation is 1. The van der Waals surface area contributed by atoms with E-state index in [1.165, 1.54) is 12.7 Å². The SMILES string of the molecule is Cc1cccc(-c2nc(C(=O)Nc3cc4sc(N5CCOCC5)nc4nc3N3CCCCC3)co2)c1. The van der Waals surface area contributed by atoms with E-state index in [1.54, 1.807) is 11.3 Å². The molecule has 10 heteroatoms. The molecule has 6 rings (SSSR count). The highest BCUT2D eigenvalue weighted by Crippen LogP contribution is 2.35. The van der Waals surface area contributed by atoms with Crippen LogP contribution in [0.5, 0.6) is 0 Å². The number of carbonyl (C=O) groups excluding carboxylic acids is 1. The lowest BCUT2D eigenvalue weighted by Crippen LogP contribution is -2.36. The lowest BCUT2D eigenvalue weighted by Gasteiger charge is -2.29. The number of thiazole rings is 1. The molecule has 0 aliphatic carbocycles. The van der Waals surface area contributed by atoms with Crippen LogP contribution in [-0.2, 0) is 4.74 Å². The number of nitrogens with zero attached hydrogens (tertiary/aromatic N) is 5. The van der Waals surface area contributed by atoms with E-state index in [4.69, 9.17) is 19.1 Å². The summed E-state index contributed by atoms with van der Waals surface area (Å²) < 4.78 is 12.1. The average molecular weight is 505 g/mol. The predicted molar refractivity (Wildman–Crippen MR) is 141 cm³/mol. The molecular weight excluding hydrogens is 476 g/mol. The molecule has 1 amide bonds. The van der Waals surface area contributed by atoms with Crippen LogP contribution < -0.4 is 15.1 Å². The molecule has 2 saturated heterocycles. The molecule has 1 aromatic carbocycles. The summed E-state index contributed by atoms with van der Waals surface area (Å²) in [6.07, 6.45) is 4.82. The number of hydrogen-bond acceptors (Lipinski definition) is 9. The smallest absolute Gasteiger partial charge is 0.277 e. The highest BCUT2D eigenvalue weighted by molar-refractivity contribution is 7.22. The molecule has 0 unspecified atom stereocenters. The van der Waals surface area contributed by atoms with Gasteiger partial charge in [-0.25, -0.2) is 9.97 Å². The average Bonchev–Trinajstić information content (AvgIpc) is 3.57. The van der Waals surface area contributed by atoms with Crippen LogP contribution >= 0.6 is 11.3 Å². The first-order valence-electron chi connectivity index (χ1n) is 12.4. The number of fused-ring (bicyclic) bond motifs is 1. The van der Waals surface area contributed by atoms with Gasteiger partial charge >= 0.3 is 0 Å². The monoisotopic (exact) mass is 504 g/mol. The highest BCUT2D eigenvalue weighted by Gasteiger charge is 2.23. The molecule has 186 valence electrons. The third-order valence-electron chi connectivity index (χ3n) is 6.54. The van der Waals surface area contributed by atoms with Gasteiger partial charge in [-0.2, -0.15) is 4.98 Å². The lowest BCUT2D eigenvalue weighted by atomic mass is 10.1. The Kier molecular flexibility index (Phi) is 6.28. The molecule has 1 N–H and O–H groups in total. The van der Waals surface area contributed by atoms with Crippen LogP contribution in [0.15, 0.2) is 41.0 Å². The van der Waals surface area contributed by atoms with Crippen LogP contribution in [0.2, 0.25) is 0 Å². The largest absolute Gasteiger partial charge is 0.444 e. The Balaban J connectivity index is 1.31. The van der Waals surface area contributed by atoms with Crippen molar-refractivity contribution in [1.82, 2.24) is 15.0 Å². The van der Waals surface area contributed by atoms with Gasteiger partial charge in [0.15, 0.2) is 22.3 Å². The van der Waals surface area contributed by atoms with Crippen LogP contribution in [-0.4, -0.2) is 60.3 Å². The third kappa shape index (κ3) is 4.66. The first-order chi connectivity index (χ1) is 17.6. The van der Waals surface area contributed by atoms with E-state index >= 15 is 0 Å². The molecule has 36 heavy (non-hydrogen) atoms. The Morgan fingerprint density at radius 2 is 1.83 bits per heavy atom. The van der Waals surface area contributed by atoms with Crippen LogP contribution in [0.1, 0.15) is 35.3 Å². The molecule has 3 aromatic heterocycles. The number of aromatic nitrogens is 3. The van der Waals surface area contributed by atoms with E-state index in [0.29, 0.717) is 30.4 Å². The van der Waals surface area contributed by atoms with E-state index in [1.807, 2.05) is 37.3 Å². The Bertz CT molecular complexity index is 1390. The van der Waals surface area contributed by atoms with Crippen molar-refractivity contribution in [1.29, 1.82) is 0 Å². The van der Waals surface area contributed by atoms with Gasteiger partial charge in [-0.15, -0.1) is 0 Å². The number of nitrogens with one attached hydrogen (secondary N) is 1. The maximum atomic E-state index is 13.2. The molecule has 2 aliphatic rings. The summed E-state index contributed by atoms with van der Waals surface area (Å²) in [6.45, 7) is 6.86. The number of benzene rings is 1. The molecule has 0 saturated carbocycles. The first kappa shape index (κ1) is 22.9. The maximum absolute atomic E-state index is 13.2. The standard InChI is InChI=1S/C26H28N6O3S/c1-17-6-5-7-18(14-17)25-28-20(16-35-25)24(33)27-19-15-21-22(29-23(19)31-8-3-2-4-9-31)30-26(36-21)32-10-12-34-13-11-32/h5-7,14-16H,2-4,8-13H2,1H3,(H,27,33). The van der Waals surface area contributed by atoms with Gasteiger partial charge < -0.3 is 24.3 Å². The number of morpholine rings is 1. The molecular formula is C26H28N6O3S. The Hall–Kier alpha value is -3.50. The van der Waals surface area contributed by atoms with Gasteiger partial charge in [0.25, 0.3) is 5.91 Å². The van der Waals surface area contributed by atoms with Crippen LogP contribution in [0.25, 0.3) is 21.8 Å². The van der Waals surface area contributed by atoms with Crippen molar-refractivity contribution in [2.45, 2.75) is 26.2 Å². The Labute approximate surface area is 213 Å². The molecule has 0 atom stereocenters. The lowest BCUT2D eigenvalue weighted by molar-refractivity contribution is 0.102. The van der Waals surface area contributed by atoms with Crippen LogP contribution in [0, 0.1) is 6.92 Å². The van der Waals surface area contributed by atoms with Crippen molar-refractivity contribution in [3.8, 4) is 11.5 Å². The number of pyridine rings is 1. The maximum Gasteiger partial charge on any atom is 0.277 e. The fourth-order valence-corrected chi connectivity index (χ4v) is 5.65. The van der Waals surface area contributed by atoms with Crippen molar-refractivity contribution in [3.05, 3.63) is 47.9 Å².